The summed E-state index contributed by atoms with van der Waals surface area (Å²) in [6, 6.07) is 7.55. The second-order valence-electron chi connectivity index (χ2n) is 3.49. The van der Waals surface area contributed by atoms with Gasteiger partial charge >= 0.3 is 0 Å². The number of nitrogens with zero attached hydrogens (tertiary/aromatic N) is 4. The van der Waals surface area contributed by atoms with E-state index in [0.717, 1.165) is 11.4 Å². The van der Waals surface area contributed by atoms with Crippen molar-refractivity contribution in [1.82, 2.24) is 20.2 Å². The third-order valence-corrected chi connectivity index (χ3v) is 2.54. The molecule has 0 spiro atoms. The van der Waals surface area contributed by atoms with E-state index in [1.165, 1.54) is 6.33 Å². The Morgan fingerprint density at radius 3 is 3.06 bits per heavy atom. The van der Waals surface area contributed by atoms with Gasteiger partial charge in [0.05, 0.1) is 17.7 Å². The van der Waals surface area contributed by atoms with Gasteiger partial charge in [0.1, 0.15) is 6.33 Å². The van der Waals surface area contributed by atoms with E-state index in [1.807, 2.05) is 24.3 Å². The number of rotatable bonds is 5. The Morgan fingerprint density at radius 2 is 2.35 bits per heavy atom. The number of aliphatic hydroxyl groups excluding tert-OH is 1. The normalized spacial score (nSPS) is 12.4. The summed E-state index contributed by atoms with van der Waals surface area (Å²) in [6.07, 6.45) is 0.959. The Kier molecular flexibility index (Phi) is 3.89. The molecule has 17 heavy (non-hydrogen) atoms. The van der Waals surface area contributed by atoms with Crippen molar-refractivity contribution < 1.29 is 5.11 Å². The number of aliphatic hydroxyl groups is 1. The van der Waals surface area contributed by atoms with Crippen molar-refractivity contribution in [2.24, 2.45) is 0 Å². The first-order valence-corrected chi connectivity index (χ1v) is 5.64. The molecule has 2 aromatic rings. The fourth-order valence-corrected chi connectivity index (χ4v) is 1.44. The van der Waals surface area contributed by atoms with Crippen LogP contribution in [0.4, 0.5) is 5.69 Å². The number of anilines is 1. The maximum absolute atomic E-state index is 9.34. The molecule has 1 heterocycles. The smallest absolute Gasteiger partial charge is 0.143 e. The Morgan fingerprint density at radius 1 is 1.47 bits per heavy atom. The van der Waals surface area contributed by atoms with E-state index in [0.29, 0.717) is 6.54 Å². The standard InChI is InChI=1S/C10H12ClN5O/c11-5-10(17)6-12-8-2-1-3-9(4-8)16-7-13-14-15-16/h1-4,7,10,12,17H,5-6H2. The van der Waals surface area contributed by atoms with Gasteiger partial charge in [-0.05, 0) is 28.6 Å². The van der Waals surface area contributed by atoms with Crippen molar-refractivity contribution in [3.8, 4) is 5.69 Å². The molecule has 0 bridgehead atoms. The predicted molar refractivity (Wildman–Crippen MR) is 64.4 cm³/mol. The van der Waals surface area contributed by atoms with Crippen molar-refractivity contribution in [3.63, 3.8) is 0 Å². The van der Waals surface area contributed by atoms with Gasteiger partial charge in [-0.25, -0.2) is 4.68 Å². The first-order chi connectivity index (χ1) is 8.29. The fourth-order valence-electron chi connectivity index (χ4n) is 1.33. The molecule has 1 unspecified atom stereocenters. The Balaban J connectivity index is 2.07. The van der Waals surface area contributed by atoms with Crippen molar-refractivity contribution in [3.05, 3.63) is 30.6 Å². The molecule has 7 heteroatoms. The van der Waals surface area contributed by atoms with Crippen molar-refractivity contribution >= 4 is 17.3 Å². The Hall–Kier alpha value is -1.66. The summed E-state index contributed by atoms with van der Waals surface area (Å²) >= 11 is 5.51. The van der Waals surface area contributed by atoms with Crippen LogP contribution in [0, 0.1) is 0 Å². The third kappa shape index (κ3) is 3.15. The van der Waals surface area contributed by atoms with Crippen molar-refractivity contribution in [2.45, 2.75) is 6.10 Å². The SMILES string of the molecule is OC(CCl)CNc1cccc(-n2cnnn2)c1. The molecule has 0 radical (unpaired) electrons. The number of hydrogen-bond acceptors (Lipinski definition) is 5. The second-order valence-corrected chi connectivity index (χ2v) is 3.80. The zero-order valence-corrected chi connectivity index (χ0v) is 9.75. The van der Waals surface area contributed by atoms with Crippen LogP contribution < -0.4 is 5.32 Å². The maximum Gasteiger partial charge on any atom is 0.143 e. The number of nitrogens with one attached hydrogen (secondary N) is 1. The van der Waals surface area contributed by atoms with Crippen LogP contribution >= 0.6 is 11.6 Å². The molecule has 6 nitrogen and oxygen atoms in total. The first kappa shape index (κ1) is 11.8. The van der Waals surface area contributed by atoms with E-state index in [-0.39, 0.29) is 5.88 Å². The van der Waals surface area contributed by atoms with Crippen LogP contribution in [0.5, 0.6) is 0 Å². The molecule has 0 fully saturated rings. The van der Waals surface area contributed by atoms with Crippen molar-refractivity contribution in [2.75, 3.05) is 17.7 Å². The maximum atomic E-state index is 9.34. The number of halogens is 1. The molecule has 0 aliphatic rings. The third-order valence-electron chi connectivity index (χ3n) is 2.18. The molecule has 0 saturated heterocycles. The van der Waals surface area contributed by atoms with Gasteiger partial charge in [0.15, 0.2) is 0 Å². The monoisotopic (exact) mass is 253 g/mol. The van der Waals surface area contributed by atoms with Gasteiger partial charge in [0.2, 0.25) is 0 Å². The van der Waals surface area contributed by atoms with Crippen LogP contribution in [0.25, 0.3) is 5.69 Å². The quantitative estimate of drug-likeness (QED) is 0.766. The van der Waals surface area contributed by atoms with Crippen LogP contribution in [0.15, 0.2) is 30.6 Å². The summed E-state index contributed by atoms with van der Waals surface area (Å²) in [7, 11) is 0. The average Bonchev–Trinajstić information content (AvgIpc) is 2.90. The summed E-state index contributed by atoms with van der Waals surface area (Å²) in [4.78, 5) is 0. The number of alkyl halides is 1. The minimum atomic E-state index is -0.562. The zero-order valence-electron chi connectivity index (χ0n) is 8.99. The van der Waals surface area contributed by atoms with Gasteiger partial charge in [0.25, 0.3) is 0 Å². The first-order valence-electron chi connectivity index (χ1n) is 5.11. The molecule has 1 aromatic carbocycles. The highest BCUT2D eigenvalue weighted by Gasteiger charge is 2.03. The van der Waals surface area contributed by atoms with Gasteiger partial charge < -0.3 is 10.4 Å². The molecule has 90 valence electrons. The van der Waals surface area contributed by atoms with Gasteiger partial charge in [-0.3, -0.25) is 0 Å². The highest BCUT2D eigenvalue weighted by Crippen LogP contribution is 2.13. The molecule has 0 aliphatic heterocycles. The van der Waals surface area contributed by atoms with E-state index < -0.39 is 6.10 Å². The highest BCUT2D eigenvalue weighted by atomic mass is 35.5. The Labute approximate surface area is 103 Å². The molecule has 2 rings (SSSR count). The van der Waals surface area contributed by atoms with Crippen LogP contribution in [0.3, 0.4) is 0 Å². The molecule has 1 atom stereocenters. The average molecular weight is 254 g/mol. The van der Waals surface area contributed by atoms with Gasteiger partial charge in [0, 0.05) is 12.2 Å². The largest absolute Gasteiger partial charge is 0.390 e. The summed E-state index contributed by atoms with van der Waals surface area (Å²) in [5, 5.41) is 23.4. The summed E-state index contributed by atoms with van der Waals surface area (Å²) < 4.78 is 1.56. The summed E-state index contributed by atoms with van der Waals surface area (Å²) in [5.41, 5.74) is 1.72. The highest BCUT2D eigenvalue weighted by molar-refractivity contribution is 6.18. The van der Waals surface area contributed by atoms with E-state index in [2.05, 4.69) is 20.8 Å². The Bertz CT molecular complexity index is 461. The van der Waals surface area contributed by atoms with E-state index in [9.17, 15) is 5.11 Å². The van der Waals surface area contributed by atoms with Gasteiger partial charge in [-0.2, -0.15) is 0 Å². The number of benzene rings is 1. The predicted octanol–water partition coefficient (Wildman–Crippen LogP) is 0.674. The van der Waals surface area contributed by atoms with Crippen LogP contribution in [0.2, 0.25) is 0 Å². The van der Waals surface area contributed by atoms with Gasteiger partial charge in [-0.15, -0.1) is 16.7 Å². The molecule has 2 N–H and O–H groups in total. The summed E-state index contributed by atoms with van der Waals surface area (Å²) in [5.74, 6) is 0.208. The zero-order chi connectivity index (χ0) is 12.1. The lowest BCUT2D eigenvalue weighted by atomic mass is 10.2. The molecule has 0 amide bonds. The molecule has 1 aromatic heterocycles. The van der Waals surface area contributed by atoms with Crippen LogP contribution in [-0.4, -0.2) is 43.8 Å². The van der Waals surface area contributed by atoms with Gasteiger partial charge in [-0.1, -0.05) is 6.07 Å². The van der Waals surface area contributed by atoms with E-state index >= 15 is 0 Å². The lowest BCUT2D eigenvalue weighted by molar-refractivity contribution is 0.211. The minimum absolute atomic E-state index is 0.208. The number of tetrazole rings is 1. The molecular formula is C10H12ClN5O. The molecular weight excluding hydrogens is 242 g/mol. The molecule has 0 saturated carbocycles. The van der Waals surface area contributed by atoms with Crippen LogP contribution in [-0.2, 0) is 0 Å². The van der Waals surface area contributed by atoms with E-state index in [1.54, 1.807) is 4.68 Å². The van der Waals surface area contributed by atoms with Crippen LogP contribution in [0.1, 0.15) is 0 Å². The topological polar surface area (TPSA) is 75.9 Å². The van der Waals surface area contributed by atoms with Crippen molar-refractivity contribution in [1.29, 1.82) is 0 Å². The lowest BCUT2D eigenvalue weighted by Gasteiger charge is -2.10. The summed E-state index contributed by atoms with van der Waals surface area (Å²) in [6.45, 7) is 0.405. The molecule has 0 aliphatic carbocycles. The van der Waals surface area contributed by atoms with E-state index in [4.69, 9.17) is 11.6 Å². The second kappa shape index (κ2) is 5.60. The fraction of sp³-hybridized carbons (Fsp3) is 0.300. The minimum Gasteiger partial charge on any atom is -0.390 e. The number of hydrogen-bond donors (Lipinski definition) is 2. The lowest BCUT2D eigenvalue weighted by Crippen LogP contribution is -2.20. The number of aromatic nitrogens is 4.